The van der Waals surface area contributed by atoms with Crippen LogP contribution in [0.4, 0.5) is 4.79 Å². The Labute approximate surface area is 159 Å². The summed E-state index contributed by atoms with van der Waals surface area (Å²) in [5.74, 6) is 5.94. The van der Waals surface area contributed by atoms with E-state index >= 15 is 0 Å². The van der Waals surface area contributed by atoms with Crippen LogP contribution in [0.3, 0.4) is 0 Å². The maximum Gasteiger partial charge on any atom is 0.413 e. The average Bonchev–Trinajstić information content (AvgIpc) is 2.83. The van der Waals surface area contributed by atoms with Crippen molar-refractivity contribution in [1.82, 2.24) is 4.90 Å². The van der Waals surface area contributed by atoms with Crippen molar-refractivity contribution in [2.75, 3.05) is 6.61 Å². The largest absolute Gasteiger partial charge is 0.444 e. The SMILES string of the molecule is CCCCCCCCC#C[C@@H](O)[C@@H]1COC(C)(C)N1C(=O)OC(C)(C)C. The number of aliphatic hydroxyl groups is 1. The van der Waals surface area contributed by atoms with Gasteiger partial charge in [0.1, 0.15) is 17.4 Å². The Hall–Kier alpha value is -1.25. The fraction of sp³-hybridized carbons (Fsp3) is 0.857. The summed E-state index contributed by atoms with van der Waals surface area (Å²) in [5.41, 5.74) is -1.43. The van der Waals surface area contributed by atoms with Crippen molar-refractivity contribution in [3.8, 4) is 11.8 Å². The van der Waals surface area contributed by atoms with Gasteiger partial charge >= 0.3 is 6.09 Å². The molecule has 5 heteroatoms. The van der Waals surface area contributed by atoms with Gasteiger partial charge in [-0.15, -0.1) is 5.92 Å². The van der Waals surface area contributed by atoms with E-state index in [2.05, 4.69) is 18.8 Å². The third-order valence-electron chi connectivity index (χ3n) is 4.38. The molecule has 0 radical (unpaired) electrons. The number of hydrogen-bond acceptors (Lipinski definition) is 4. The van der Waals surface area contributed by atoms with E-state index in [1.165, 1.54) is 37.0 Å². The van der Waals surface area contributed by atoms with E-state index in [1.54, 1.807) is 13.8 Å². The van der Waals surface area contributed by atoms with Gasteiger partial charge in [0, 0.05) is 6.42 Å². The summed E-state index contributed by atoms with van der Waals surface area (Å²) in [6.07, 6.45) is 6.64. The fourth-order valence-electron chi connectivity index (χ4n) is 3.00. The second kappa shape index (κ2) is 10.2. The summed E-state index contributed by atoms with van der Waals surface area (Å²) in [7, 11) is 0. The summed E-state index contributed by atoms with van der Waals surface area (Å²) in [6, 6.07) is -0.517. The van der Waals surface area contributed by atoms with Gasteiger partial charge in [-0.05, 0) is 41.0 Å². The summed E-state index contributed by atoms with van der Waals surface area (Å²) in [6.45, 7) is 11.5. The molecule has 1 fully saturated rings. The summed E-state index contributed by atoms with van der Waals surface area (Å²) in [5, 5.41) is 10.5. The molecule has 0 spiro atoms. The normalized spacial score (nSPS) is 20.4. The van der Waals surface area contributed by atoms with Crippen LogP contribution in [0.25, 0.3) is 0 Å². The highest BCUT2D eigenvalue weighted by atomic mass is 16.6. The molecule has 1 amide bonds. The second-order valence-electron chi connectivity index (χ2n) is 8.46. The monoisotopic (exact) mass is 367 g/mol. The van der Waals surface area contributed by atoms with Crippen molar-refractivity contribution in [2.45, 2.75) is 110 Å². The van der Waals surface area contributed by atoms with Crippen LogP contribution in [0.5, 0.6) is 0 Å². The first-order valence-electron chi connectivity index (χ1n) is 9.91. The third-order valence-corrected chi connectivity index (χ3v) is 4.38. The standard InChI is InChI=1S/C21H37NO4/c1-7-8-9-10-11-12-13-14-15-18(23)17-16-25-21(5,6)22(17)19(24)26-20(2,3)4/h17-18,23H,7-13,16H2,1-6H3/t17-,18+/m0/s1. The van der Waals surface area contributed by atoms with Crippen LogP contribution in [0.2, 0.25) is 0 Å². The number of rotatable bonds is 7. The molecular weight excluding hydrogens is 330 g/mol. The maximum atomic E-state index is 12.6. The Kier molecular flexibility index (Phi) is 8.92. The molecule has 1 saturated heterocycles. The molecule has 26 heavy (non-hydrogen) atoms. The zero-order valence-corrected chi connectivity index (χ0v) is 17.4. The molecule has 0 aromatic rings. The predicted molar refractivity (Wildman–Crippen MR) is 104 cm³/mol. The van der Waals surface area contributed by atoms with Crippen molar-refractivity contribution < 1.29 is 19.4 Å². The maximum absolute atomic E-state index is 12.6. The number of amides is 1. The van der Waals surface area contributed by atoms with Gasteiger partial charge in [-0.3, -0.25) is 4.90 Å². The molecule has 0 unspecified atom stereocenters. The molecule has 2 atom stereocenters. The number of aliphatic hydroxyl groups excluding tert-OH is 1. The van der Waals surface area contributed by atoms with E-state index in [1.807, 2.05) is 20.8 Å². The molecule has 1 rings (SSSR count). The molecule has 1 N–H and O–H groups in total. The van der Waals surface area contributed by atoms with E-state index in [4.69, 9.17) is 9.47 Å². The van der Waals surface area contributed by atoms with Crippen molar-refractivity contribution in [3.63, 3.8) is 0 Å². The van der Waals surface area contributed by atoms with Crippen LogP contribution in [0.15, 0.2) is 0 Å². The predicted octanol–water partition coefficient (Wildman–Crippen LogP) is 4.47. The Morgan fingerprint density at radius 2 is 1.88 bits per heavy atom. The highest BCUT2D eigenvalue weighted by molar-refractivity contribution is 5.70. The van der Waals surface area contributed by atoms with Crippen molar-refractivity contribution >= 4 is 6.09 Å². The van der Waals surface area contributed by atoms with E-state index in [-0.39, 0.29) is 6.61 Å². The molecule has 0 saturated carbocycles. The van der Waals surface area contributed by atoms with Crippen molar-refractivity contribution in [2.24, 2.45) is 0 Å². The van der Waals surface area contributed by atoms with Gasteiger partial charge in [0.25, 0.3) is 0 Å². The van der Waals surface area contributed by atoms with Crippen LogP contribution in [0.1, 0.15) is 86.5 Å². The smallest absolute Gasteiger partial charge is 0.413 e. The minimum absolute atomic E-state index is 0.249. The molecule has 150 valence electrons. The lowest BCUT2D eigenvalue weighted by atomic mass is 10.1. The highest BCUT2D eigenvalue weighted by Crippen LogP contribution is 2.30. The lowest BCUT2D eigenvalue weighted by molar-refractivity contribution is -0.0658. The van der Waals surface area contributed by atoms with Gasteiger partial charge in [-0.2, -0.15) is 0 Å². The molecule has 0 aromatic carbocycles. The first-order valence-corrected chi connectivity index (χ1v) is 9.91. The number of unbranched alkanes of at least 4 members (excludes halogenated alkanes) is 6. The topological polar surface area (TPSA) is 59.0 Å². The average molecular weight is 368 g/mol. The van der Waals surface area contributed by atoms with E-state index in [9.17, 15) is 9.90 Å². The van der Waals surface area contributed by atoms with Gasteiger partial charge in [0.15, 0.2) is 0 Å². The highest BCUT2D eigenvalue weighted by Gasteiger charge is 2.48. The lowest BCUT2D eigenvalue weighted by Crippen LogP contribution is -2.53. The van der Waals surface area contributed by atoms with Crippen LogP contribution >= 0.6 is 0 Å². The minimum atomic E-state index is -0.940. The Morgan fingerprint density at radius 1 is 1.27 bits per heavy atom. The molecule has 1 heterocycles. The van der Waals surface area contributed by atoms with Crippen LogP contribution < -0.4 is 0 Å². The number of ether oxygens (including phenoxy) is 2. The van der Waals surface area contributed by atoms with Gasteiger partial charge in [-0.25, -0.2) is 4.79 Å². The molecule has 1 aliphatic rings. The lowest BCUT2D eigenvalue weighted by Gasteiger charge is -2.35. The number of carbonyl (C=O) groups excluding carboxylic acids is 1. The number of carbonyl (C=O) groups is 1. The Bertz CT molecular complexity index is 498. The Morgan fingerprint density at radius 3 is 2.50 bits per heavy atom. The molecule has 1 aliphatic heterocycles. The van der Waals surface area contributed by atoms with E-state index < -0.39 is 29.6 Å². The van der Waals surface area contributed by atoms with E-state index in [0.29, 0.717) is 0 Å². The first kappa shape index (κ1) is 22.8. The first-order chi connectivity index (χ1) is 12.1. The minimum Gasteiger partial charge on any atom is -0.444 e. The van der Waals surface area contributed by atoms with E-state index in [0.717, 1.165) is 12.8 Å². The number of nitrogens with zero attached hydrogens (tertiary/aromatic N) is 1. The van der Waals surface area contributed by atoms with Gasteiger partial charge in [-0.1, -0.05) is 44.9 Å². The molecule has 0 aromatic heterocycles. The molecule has 0 bridgehead atoms. The second-order valence-corrected chi connectivity index (χ2v) is 8.46. The van der Waals surface area contributed by atoms with Crippen LogP contribution in [0, 0.1) is 11.8 Å². The zero-order chi connectivity index (χ0) is 19.8. The summed E-state index contributed by atoms with van der Waals surface area (Å²) >= 11 is 0. The number of hydrogen-bond donors (Lipinski definition) is 1. The van der Waals surface area contributed by atoms with Crippen LogP contribution in [-0.2, 0) is 9.47 Å². The van der Waals surface area contributed by atoms with Gasteiger partial charge in [0.2, 0.25) is 0 Å². The quantitative estimate of drug-likeness (QED) is 0.533. The third kappa shape index (κ3) is 7.55. The summed E-state index contributed by atoms with van der Waals surface area (Å²) < 4.78 is 11.2. The molecular formula is C21H37NO4. The fourth-order valence-corrected chi connectivity index (χ4v) is 3.00. The van der Waals surface area contributed by atoms with Crippen LogP contribution in [-0.4, -0.2) is 46.2 Å². The molecule has 5 nitrogen and oxygen atoms in total. The van der Waals surface area contributed by atoms with Gasteiger partial charge in [0.05, 0.1) is 12.6 Å². The molecule has 0 aliphatic carbocycles. The summed E-state index contributed by atoms with van der Waals surface area (Å²) in [4.78, 5) is 14.0. The van der Waals surface area contributed by atoms with Crippen molar-refractivity contribution in [3.05, 3.63) is 0 Å². The van der Waals surface area contributed by atoms with Gasteiger partial charge < -0.3 is 14.6 Å². The Balaban J connectivity index is 2.57. The van der Waals surface area contributed by atoms with Crippen molar-refractivity contribution in [1.29, 1.82) is 0 Å². The zero-order valence-electron chi connectivity index (χ0n) is 17.4.